The van der Waals surface area contributed by atoms with Crippen molar-refractivity contribution < 1.29 is 4.74 Å². The van der Waals surface area contributed by atoms with Gasteiger partial charge in [0.2, 0.25) is 0 Å². The van der Waals surface area contributed by atoms with Gasteiger partial charge in [0.05, 0.1) is 16.8 Å². The van der Waals surface area contributed by atoms with Gasteiger partial charge >= 0.3 is 0 Å². The van der Waals surface area contributed by atoms with Gasteiger partial charge in [-0.25, -0.2) is 9.97 Å². The third-order valence-electron chi connectivity index (χ3n) is 3.14. The fourth-order valence-corrected chi connectivity index (χ4v) is 1.98. The molecule has 18 heavy (non-hydrogen) atoms. The highest BCUT2D eigenvalue weighted by molar-refractivity contribution is 9.10. The number of hydrogen-bond donors (Lipinski definition) is 1. The summed E-state index contributed by atoms with van der Waals surface area (Å²) in [5.41, 5.74) is 1.01. The summed E-state index contributed by atoms with van der Waals surface area (Å²) in [6.07, 6.45) is 0. The first kappa shape index (κ1) is 15.4. The van der Waals surface area contributed by atoms with Gasteiger partial charge in [-0.1, -0.05) is 27.7 Å². The average molecular weight is 316 g/mol. The molecule has 0 radical (unpaired) electrons. The molecule has 1 heterocycles. The third-order valence-corrected chi connectivity index (χ3v) is 3.97. The van der Waals surface area contributed by atoms with Crippen molar-refractivity contribution in [1.82, 2.24) is 9.97 Å². The molecule has 0 aliphatic heterocycles. The lowest BCUT2D eigenvalue weighted by atomic mass is 9.81. The summed E-state index contributed by atoms with van der Waals surface area (Å²) in [4.78, 5) is 9.19. The van der Waals surface area contributed by atoms with Gasteiger partial charge in [0.15, 0.2) is 0 Å². The Morgan fingerprint density at radius 1 is 1.33 bits per heavy atom. The number of aromatic nitrogens is 2. The number of ether oxygens (including phenoxy) is 1. The smallest absolute Gasteiger partial charge is 0.144 e. The van der Waals surface area contributed by atoms with Crippen LogP contribution >= 0.6 is 15.9 Å². The van der Waals surface area contributed by atoms with Crippen molar-refractivity contribution >= 4 is 21.7 Å². The Hall–Kier alpha value is -0.680. The minimum Gasteiger partial charge on any atom is -0.378 e. The molecular formula is C13H22BrN3O. The summed E-state index contributed by atoms with van der Waals surface area (Å²) in [5, 5.41) is 3.09. The maximum Gasteiger partial charge on any atom is 0.144 e. The summed E-state index contributed by atoms with van der Waals surface area (Å²) in [6.45, 7) is 9.20. The van der Waals surface area contributed by atoms with Crippen LogP contribution in [0.25, 0.3) is 0 Å². The van der Waals surface area contributed by atoms with Crippen molar-refractivity contribution in [2.45, 2.75) is 40.2 Å². The molecule has 4 nitrogen and oxygen atoms in total. The lowest BCUT2D eigenvalue weighted by molar-refractivity contribution is 0.180. The molecule has 1 unspecified atom stereocenters. The van der Waals surface area contributed by atoms with Gasteiger partial charge in [0.25, 0.3) is 0 Å². The van der Waals surface area contributed by atoms with Gasteiger partial charge < -0.3 is 10.1 Å². The van der Waals surface area contributed by atoms with Crippen LogP contribution in [0.1, 0.15) is 45.1 Å². The van der Waals surface area contributed by atoms with Crippen molar-refractivity contribution in [1.29, 1.82) is 0 Å². The van der Waals surface area contributed by atoms with Gasteiger partial charge in [0, 0.05) is 20.1 Å². The number of methoxy groups -OCH3 is 1. The van der Waals surface area contributed by atoms with E-state index in [9.17, 15) is 0 Å². The van der Waals surface area contributed by atoms with Crippen LogP contribution in [0.2, 0.25) is 0 Å². The summed E-state index contributed by atoms with van der Waals surface area (Å²) in [5.74, 6) is 1.93. The van der Waals surface area contributed by atoms with E-state index in [4.69, 9.17) is 4.74 Å². The first-order valence-corrected chi connectivity index (χ1v) is 6.83. The predicted molar refractivity (Wildman–Crippen MR) is 77.9 cm³/mol. The largest absolute Gasteiger partial charge is 0.378 e. The summed E-state index contributed by atoms with van der Waals surface area (Å²) >= 11 is 3.51. The number of hydrogen-bond acceptors (Lipinski definition) is 4. The molecule has 0 bridgehead atoms. The van der Waals surface area contributed by atoms with E-state index in [2.05, 4.69) is 58.9 Å². The summed E-state index contributed by atoms with van der Waals surface area (Å²) in [6, 6.07) is 0. The zero-order valence-corrected chi connectivity index (χ0v) is 13.6. The van der Waals surface area contributed by atoms with Crippen molar-refractivity contribution in [2.24, 2.45) is 5.41 Å². The van der Waals surface area contributed by atoms with Gasteiger partial charge in [-0.15, -0.1) is 0 Å². The van der Waals surface area contributed by atoms with Crippen LogP contribution < -0.4 is 5.32 Å². The van der Waals surface area contributed by atoms with Crippen LogP contribution in [-0.2, 0) is 11.3 Å². The van der Waals surface area contributed by atoms with E-state index in [1.54, 1.807) is 7.11 Å². The Morgan fingerprint density at radius 3 is 2.39 bits per heavy atom. The zero-order chi connectivity index (χ0) is 13.9. The molecule has 1 atom stereocenters. The number of halogens is 1. The molecule has 1 aromatic rings. The van der Waals surface area contributed by atoms with E-state index in [1.807, 2.05) is 7.05 Å². The Balaban J connectivity index is 3.25. The average Bonchev–Trinajstić information content (AvgIpc) is 2.30. The first-order valence-electron chi connectivity index (χ1n) is 6.04. The molecule has 1 rings (SSSR count). The molecule has 0 aliphatic rings. The number of rotatable bonds is 4. The Labute approximate surface area is 118 Å². The fraction of sp³-hybridized carbons (Fsp3) is 0.692. The normalized spacial score (nSPS) is 13.5. The second-order valence-electron chi connectivity index (χ2n) is 5.46. The van der Waals surface area contributed by atoms with Gasteiger partial charge in [-0.05, 0) is 21.3 Å². The van der Waals surface area contributed by atoms with Gasteiger partial charge in [0.1, 0.15) is 11.6 Å². The van der Waals surface area contributed by atoms with Crippen LogP contribution in [0, 0.1) is 5.41 Å². The molecule has 1 N–H and O–H groups in total. The fourth-order valence-electron chi connectivity index (χ4n) is 1.49. The highest BCUT2D eigenvalue weighted by Gasteiger charge is 2.25. The summed E-state index contributed by atoms with van der Waals surface area (Å²) in [7, 11) is 3.52. The standard InChI is InChI=1S/C13H22BrN3O/c1-8(13(2,3)4)11-16-9(7-18-6)10(14)12(15-5)17-11/h8H,7H2,1-6H3,(H,15,16,17). The van der Waals surface area contributed by atoms with E-state index < -0.39 is 0 Å². The minimum atomic E-state index is 0.128. The maximum absolute atomic E-state index is 5.18. The van der Waals surface area contributed by atoms with Crippen LogP contribution in [0.3, 0.4) is 0 Å². The molecule has 0 aromatic carbocycles. The predicted octanol–water partition coefficient (Wildman–Crippen LogP) is 3.58. The second-order valence-corrected chi connectivity index (χ2v) is 6.25. The Kier molecular flexibility index (Phi) is 5.10. The first-order chi connectivity index (χ1) is 8.31. The second kappa shape index (κ2) is 5.97. The lowest BCUT2D eigenvalue weighted by Gasteiger charge is -2.26. The maximum atomic E-state index is 5.18. The zero-order valence-electron chi connectivity index (χ0n) is 12.0. The number of nitrogens with one attached hydrogen (secondary N) is 1. The quantitative estimate of drug-likeness (QED) is 0.922. The molecule has 0 saturated carbocycles. The molecule has 0 spiro atoms. The summed E-state index contributed by atoms with van der Waals surface area (Å²) < 4.78 is 6.05. The van der Waals surface area contributed by atoms with Crippen molar-refractivity contribution in [3.05, 3.63) is 16.0 Å². The van der Waals surface area contributed by atoms with Crippen LogP contribution in [0.15, 0.2) is 4.47 Å². The van der Waals surface area contributed by atoms with E-state index in [1.165, 1.54) is 0 Å². The molecule has 0 aliphatic carbocycles. The Bertz CT molecular complexity index is 415. The molecule has 1 aromatic heterocycles. The Morgan fingerprint density at radius 2 is 1.94 bits per heavy atom. The van der Waals surface area contributed by atoms with E-state index in [0.29, 0.717) is 6.61 Å². The lowest BCUT2D eigenvalue weighted by Crippen LogP contribution is -2.19. The molecule has 102 valence electrons. The van der Waals surface area contributed by atoms with Crippen LogP contribution in [-0.4, -0.2) is 24.1 Å². The van der Waals surface area contributed by atoms with Crippen molar-refractivity contribution in [3.8, 4) is 0 Å². The molecule has 5 heteroatoms. The number of anilines is 1. The SMILES string of the molecule is CNc1nc(C(C)C(C)(C)C)nc(COC)c1Br. The minimum absolute atomic E-state index is 0.128. The molecule has 0 amide bonds. The molecular weight excluding hydrogens is 294 g/mol. The van der Waals surface area contributed by atoms with Gasteiger partial charge in [-0.3, -0.25) is 0 Å². The van der Waals surface area contributed by atoms with E-state index >= 15 is 0 Å². The third kappa shape index (κ3) is 3.42. The highest BCUT2D eigenvalue weighted by Crippen LogP contribution is 2.34. The monoisotopic (exact) mass is 315 g/mol. The molecule has 0 fully saturated rings. The van der Waals surface area contributed by atoms with E-state index in [0.717, 1.165) is 21.8 Å². The van der Waals surface area contributed by atoms with E-state index in [-0.39, 0.29) is 11.3 Å². The number of nitrogens with zero attached hydrogens (tertiary/aromatic N) is 2. The van der Waals surface area contributed by atoms with Crippen LogP contribution in [0.5, 0.6) is 0 Å². The van der Waals surface area contributed by atoms with Crippen molar-refractivity contribution in [3.63, 3.8) is 0 Å². The van der Waals surface area contributed by atoms with Gasteiger partial charge in [-0.2, -0.15) is 0 Å². The van der Waals surface area contributed by atoms with Crippen molar-refractivity contribution in [2.75, 3.05) is 19.5 Å². The highest BCUT2D eigenvalue weighted by atomic mass is 79.9. The topological polar surface area (TPSA) is 47.0 Å². The molecule has 0 saturated heterocycles. The van der Waals surface area contributed by atoms with Crippen LogP contribution in [0.4, 0.5) is 5.82 Å².